The third-order valence-electron chi connectivity index (χ3n) is 4.59. The summed E-state index contributed by atoms with van der Waals surface area (Å²) in [5.41, 5.74) is 2.57. The van der Waals surface area contributed by atoms with Gasteiger partial charge >= 0.3 is 0 Å². The molecule has 7 nitrogen and oxygen atoms in total. The maximum Gasteiger partial charge on any atom is 0.240 e. The van der Waals surface area contributed by atoms with E-state index in [-0.39, 0.29) is 12.5 Å². The number of amides is 1. The van der Waals surface area contributed by atoms with Crippen LogP contribution in [0.3, 0.4) is 0 Å². The first kappa shape index (κ1) is 21.2. The second-order valence-electron chi connectivity index (χ2n) is 6.90. The highest BCUT2D eigenvalue weighted by Crippen LogP contribution is 2.34. The Hall–Kier alpha value is -3.01. The number of thiazole rings is 2. The molecule has 2 heterocycles. The van der Waals surface area contributed by atoms with Crippen molar-refractivity contribution in [2.45, 2.75) is 6.54 Å². The quantitative estimate of drug-likeness (QED) is 0.422. The van der Waals surface area contributed by atoms with Gasteiger partial charge in [0, 0.05) is 17.0 Å². The Morgan fingerprint density at radius 2 is 1.97 bits per heavy atom. The van der Waals surface area contributed by atoms with Gasteiger partial charge in [0.15, 0.2) is 5.13 Å². The lowest BCUT2D eigenvalue weighted by Gasteiger charge is -2.13. The number of nitrogens with one attached hydrogen (secondary N) is 1. The molecule has 1 N–H and O–H groups in total. The number of para-hydroxylation sites is 1. The number of aromatic nitrogens is 2. The summed E-state index contributed by atoms with van der Waals surface area (Å²) in [5, 5.41) is 6.31. The van der Waals surface area contributed by atoms with Gasteiger partial charge < -0.3 is 14.8 Å². The zero-order valence-electron chi connectivity index (χ0n) is 17.4. The summed E-state index contributed by atoms with van der Waals surface area (Å²) in [6, 6.07) is 13.6. The van der Waals surface area contributed by atoms with Gasteiger partial charge in [0.05, 0.1) is 43.2 Å². The van der Waals surface area contributed by atoms with Crippen molar-refractivity contribution in [1.29, 1.82) is 0 Å². The standard InChI is InChI=1S/C22H22N4O3S2/c1-26(12-21-23-16-6-4-5-7-19(16)31-21)11-20(27)25-22-24-17(13-30-22)15-9-8-14(28-2)10-18(15)29-3/h4-10,13H,11-12H2,1-3H3,(H,24,25,27). The molecule has 0 saturated heterocycles. The zero-order chi connectivity index (χ0) is 21.8. The first-order valence-corrected chi connectivity index (χ1v) is 11.3. The van der Waals surface area contributed by atoms with Crippen LogP contribution < -0.4 is 14.8 Å². The van der Waals surface area contributed by atoms with Gasteiger partial charge in [-0.25, -0.2) is 9.97 Å². The SMILES string of the molecule is COc1ccc(-c2csc(NC(=O)CN(C)Cc3nc4ccccc4s3)n2)c(OC)c1. The molecule has 0 unspecified atom stereocenters. The summed E-state index contributed by atoms with van der Waals surface area (Å²) in [5.74, 6) is 1.25. The molecule has 0 aliphatic rings. The Morgan fingerprint density at radius 1 is 1.13 bits per heavy atom. The first-order chi connectivity index (χ1) is 15.1. The van der Waals surface area contributed by atoms with Crippen LogP contribution in [-0.2, 0) is 11.3 Å². The number of hydrogen-bond donors (Lipinski definition) is 1. The average molecular weight is 455 g/mol. The second-order valence-corrected chi connectivity index (χ2v) is 8.87. The number of benzene rings is 2. The average Bonchev–Trinajstić information content (AvgIpc) is 3.39. The summed E-state index contributed by atoms with van der Waals surface area (Å²) in [6.07, 6.45) is 0. The van der Waals surface area contributed by atoms with Crippen molar-refractivity contribution in [1.82, 2.24) is 14.9 Å². The van der Waals surface area contributed by atoms with Crippen LogP contribution in [-0.4, -0.2) is 48.6 Å². The van der Waals surface area contributed by atoms with E-state index in [9.17, 15) is 4.79 Å². The van der Waals surface area contributed by atoms with E-state index in [1.807, 2.05) is 53.7 Å². The molecule has 9 heteroatoms. The van der Waals surface area contributed by atoms with E-state index in [4.69, 9.17) is 9.47 Å². The molecular weight excluding hydrogens is 432 g/mol. The monoisotopic (exact) mass is 454 g/mol. The maximum atomic E-state index is 12.5. The number of hydrogen-bond acceptors (Lipinski definition) is 8. The molecule has 0 aliphatic heterocycles. The fourth-order valence-corrected chi connectivity index (χ4v) is 4.92. The van der Waals surface area contributed by atoms with Crippen LogP contribution in [0.5, 0.6) is 11.5 Å². The molecule has 2 aromatic carbocycles. The largest absolute Gasteiger partial charge is 0.497 e. The number of likely N-dealkylation sites (N-methyl/N-ethyl adjacent to an activating group) is 1. The van der Waals surface area contributed by atoms with Gasteiger partial charge in [-0.1, -0.05) is 12.1 Å². The molecule has 0 fully saturated rings. The van der Waals surface area contributed by atoms with E-state index in [1.54, 1.807) is 25.6 Å². The number of rotatable bonds is 8. The molecule has 4 aromatic rings. The summed E-state index contributed by atoms with van der Waals surface area (Å²) in [6.45, 7) is 0.857. The summed E-state index contributed by atoms with van der Waals surface area (Å²) in [4.78, 5) is 23.6. The van der Waals surface area contributed by atoms with Crippen molar-refractivity contribution in [3.8, 4) is 22.8 Å². The van der Waals surface area contributed by atoms with Gasteiger partial charge in [0.25, 0.3) is 0 Å². The van der Waals surface area contributed by atoms with Crippen molar-refractivity contribution in [2.75, 3.05) is 33.1 Å². The van der Waals surface area contributed by atoms with Crippen LogP contribution in [0.1, 0.15) is 5.01 Å². The Balaban J connectivity index is 1.37. The summed E-state index contributed by atoms with van der Waals surface area (Å²) >= 11 is 3.03. The molecule has 0 spiro atoms. The molecule has 2 aromatic heterocycles. The molecular formula is C22H22N4O3S2. The van der Waals surface area contributed by atoms with Crippen molar-refractivity contribution < 1.29 is 14.3 Å². The van der Waals surface area contributed by atoms with Crippen LogP contribution in [0.25, 0.3) is 21.5 Å². The minimum atomic E-state index is -0.119. The maximum absolute atomic E-state index is 12.5. The van der Waals surface area contributed by atoms with Crippen LogP contribution in [0, 0.1) is 0 Å². The molecule has 0 saturated carbocycles. The Bertz CT molecular complexity index is 1170. The van der Waals surface area contributed by atoms with Crippen LogP contribution in [0.4, 0.5) is 5.13 Å². The minimum Gasteiger partial charge on any atom is -0.497 e. The topological polar surface area (TPSA) is 76.6 Å². The highest BCUT2D eigenvalue weighted by atomic mass is 32.1. The van der Waals surface area contributed by atoms with Crippen molar-refractivity contribution >= 4 is 43.9 Å². The molecule has 160 valence electrons. The number of methoxy groups -OCH3 is 2. The fraction of sp³-hybridized carbons (Fsp3) is 0.227. The molecule has 1 amide bonds. The third-order valence-corrected chi connectivity index (χ3v) is 6.37. The normalized spacial score (nSPS) is 11.1. The number of anilines is 1. The smallest absolute Gasteiger partial charge is 0.240 e. The lowest BCUT2D eigenvalue weighted by atomic mass is 10.1. The van der Waals surface area contributed by atoms with Crippen molar-refractivity contribution in [2.24, 2.45) is 0 Å². The van der Waals surface area contributed by atoms with Gasteiger partial charge in [-0.3, -0.25) is 9.69 Å². The van der Waals surface area contributed by atoms with E-state index in [0.717, 1.165) is 26.5 Å². The van der Waals surface area contributed by atoms with Crippen molar-refractivity contribution in [3.05, 3.63) is 52.9 Å². The van der Waals surface area contributed by atoms with E-state index in [2.05, 4.69) is 21.4 Å². The van der Waals surface area contributed by atoms with E-state index >= 15 is 0 Å². The van der Waals surface area contributed by atoms with Crippen molar-refractivity contribution in [3.63, 3.8) is 0 Å². The molecule has 0 radical (unpaired) electrons. The highest BCUT2D eigenvalue weighted by molar-refractivity contribution is 7.18. The van der Waals surface area contributed by atoms with E-state index in [0.29, 0.717) is 23.2 Å². The van der Waals surface area contributed by atoms with Gasteiger partial charge in [-0.2, -0.15) is 0 Å². The minimum absolute atomic E-state index is 0.119. The van der Waals surface area contributed by atoms with Crippen LogP contribution in [0.2, 0.25) is 0 Å². The van der Waals surface area contributed by atoms with E-state index in [1.165, 1.54) is 11.3 Å². The third kappa shape index (κ3) is 5.01. The second kappa shape index (κ2) is 9.42. The van der Waals surface area contributed by atoms with Gasteiger partial charge in [-0.05, 0) is 31.3 Å². The molecule has 31 heavy (non-hydrogen) atoms. The molecule has 0 bridgehead atoms. The van der Waals surface area contributed by atoms with Gasteiger partial charge in [0.1, 0.15) is 16.5 Å². The predicted octanol–water partition coefficient (Wildman–Crippen LogP) is 4.51. The molecule has 0 atom stereocenters. The summed E-state index contributed by atoms with van der Waals surface area (Å²) < 4.78 is 11.8. The number of carbonyl (C=O) groups is 1. The molecule has 4 rings (SSSR count). The lowest BCUT2D eigenvalue weighted by molar-refractivity contribution is -0.117. The number of ether oxygens (including phenoxy) is 2. The number of nitrogens with zero attached hydrogens (tertiary/aromatic N) is 3. The highest BCUT2D eigenvalue weighted by Gasteiger charge is 2.14. The predicted molar refractivity (Wildman–Crippen MR) is 125 cm³/mol. The fourth-order valence-electron chi connectivity index (χ4n) is 3.14. The Morgan fingerprint density at radius 3 is 2.74 bits per heavy atom. The van der Waals surface area contributed by atoms with Crippen LogP contribution >= 0.6 is 22.7 Å². The Labute approximate surface area is 188 Å². The number of carbonyl (C=O) groups excluding carboxylic acids is 1. The van der Waals surface area contributed by atoms with E-state index < -0.39 is 0 Å². The molecule has 0 aliphatic carbocycles. The first-order valence-electron chi connectivity index (χ1n) is 9.56. The van der Waals surface area contributed by atoms with Gasteiger partial charge in [0.2, 0.25) is 5.91 Å². The Kier molecular flexibility index (Phi) is 6.45. The summed E-state index contributed by atoms with van der Waals surface area (Å²) in [7, 11) is 5.12. The van der Waals surface area contributed by atoms with Gasteiger partial charge in [-0.15, -0.1) is 22.7 Å². The number of fused-ring (bicyclic) bond motifs is 1. The zero-order valence-corrected chi connectivity index (χ0v) is 19.0. The lowest BCUT2D eigenvalue weighted by Crippen LogP contribution is -2.29. The van der Waals surface area contributed by atoms with Crippen LogP contribution in [0.15, 0.2) is 47.8 Å².